The van der Waals surface area contributed by atoms with Crippen molar-refractivity contribution in [2.24, 2.45) is 0 Å². The molecule has 68 valence electrons. The highest BCUT2D eigenvalue weighted by molar-refractivity contribution is 5.35. The summed E-state index contributed by atoms with van der Waals surface area (Å²) in [6.07, 6.45) is 1.70. The van der Waals surface area contributed by atoms with Gasteiger partial charge in [0.1, 0.15) is 0 Å². The number of hydrogen-bond acceptors (Lipinski definition) is 3. The first-order chi connectivity index (χ1) is 6.07. The van der Waals surface area contributed by atoms with Crippen molar-refractivity contribution in [3.63, 3.8) is 0 Å². The third-order valence-corrected chi connectivity index (χ3v) is 1.79. The summed E-state index contributed by atoms with van der Waals surface area (Å²) in [4.78, 5) is 4.37. The van der Waals surface area contributed by atoms with Crippen LogP contribution in [0.2, 0.25) is 0 Å². The van der Waals surface area contributed by atoms with E-state index >= 15 is 0 Å². The van der Waals surface area contributed by atoms with E-state index < -0.39 is 0 Å². The van der Waals surface area contributed by atoms with Gasteiger partial charge in [-0.1, -0.05) is 20.8 Å². The summed E-state index contributed by atoms with van der Waals surface area (Å²) >= 11 is 0. The van der Waals surface area contributed by atoms with E-state index in [9.17, 15) is 0 Å². The van der Waals surface area contributed by atoms with Crippen molar-refractivity contribution in [3.8, 4) is 0 Å². The fraction of sp³-hybridized carbons (Fsp3) is 0.444. The van der Waals surface area contributed by atoms with E-state index in [1.807, 2.05) is 12.1 Å². The first kappa shape index (κ1) is 8.16. The first-order valence-corrected chi connectivity index (χ1v) is 4.26. The quantitative estimate of drug-likeness (QED) is 0.609. The normalized spacial score (nSPS) is 12.2. The SMILES string of the molecule is CC(C)(C)c1nc2cccnn2n1. The van der Waals surface area contributed by atoms with Gasteiger partial charge in [0, 0.05) is 11.6 Å². The molecular formula is C9H12N4. The van der Waals surface area contributed by atoms with Gasteiger partial charge in [-0.2, -0.15) is 5.10 Å². The summed E-state index contributed by atoms with van der Waals surface area (Å²) in [6, 6.07) is 3.76. The molecule has 0 amide bonds. The highest BCUT2D eigenvalue weighted by atomic mass is 15.4. The van der Waals surface area contributed by atoms with Crippen LogP contribution in [-0.2, 0) is 5.41 Å². The zero-order valence-corrected chi connectivity index (χ0v) is 8.02. The third-order valence-electron chi connectivity index (χ3n) is 1.79. The molecule has 2 aromatic rings. The van der Waals surface area contributed by atoms with Gasteiger partial charge in [0.2, 0.25) is 0 Å². The van der Waals surface area contributed by atoms with E-state index in [0.717, 1.165) is 11.5 Å². The van der Waals surface area contributed by atoms with Crippen molar-refractivity contribution in [2.45, 2.75) is 26.2 Å². The molecule has 0 unspecified atom stereocenters. The molecule has 2 heterocycles. The molecule has 0 N–H and O–H groups in total. The van der Waals surface area contributed by atoms with Gasteiger partial charge in [-0.25, -0.2) is 4.98 Å². The van der Waals surface area contributed by atoms with Gasteiger partial charge in [-0.15, -0.1) is 9.73 Å². The van der Waals surface area contributed by atoms with Crippen LogP contribution in [0.5, 0.6) is 0 Å². The van der Waals surface area contributed by atoms with Crippen LogP contribution < -0.4 is 0 Å². The van der Waals surface area contributed by atoms with Crippen LogP contribution in [0.4, 0.5) is 0 Å². The maximum atomic E-state index is 4.37. The molecule has 0 atom stereocenters. The zero-order chi connectivity index (χ0) is 9.47. The molecular weight excluding hydrogens is 164 g/mol. The number of fused-ring (bicyclic) bond motifs is 1. The lowest BCUT2D eigenvalue weighted by Gasteiger charge is -2.11. The van der Waals surface area contributed by atoms with E-state index in [4.69, 9.17) is 0 Å². The molecule has 0 saturated carbocycles. The Morgan fingerprint density at radius 3 is 2.69 bits per heavy atom. The van der Waals surface area contributed by atoms with Gasteiger partial charge in [0.15, 0.2) is 11.5 Å². The van der Waals surface area contributed by atoms with E-state index in [2.05, 4.69) is 36.0 Å². The fourth-order valence-corrected chi connectivity index (χ4v) is 1.05. The molecule has 0 saturated heterocycles. The minimum atomic E-state index is -0.0201. The van der Waals surface area contributed by atoms with Crippen molar-refractivity contribution in [1.29, 1.82) is 0 Å². The van der Waals surface area contributed by atoms with Gasteiger partial charge >= 0.3 is 0 Å². The minimum Gasteiger partial charge on any atom is -0.209 e. The summed E-state index contributed by atoms with van der Waals surface area (Å²) in [7, 11) is 0. The van der Waals surface area contributed by atoms with Gasteiger partial charge in [0.25, 0.3) is 0 Å². The van der Waals surface area contributed by atoms with E-state index in [1.165, 1.54) is 0 Å². The van der Waals surface area contributed by atoms with Crippen molar-refractivity contribution in [2.75, 3.05) is 0 Å². The Kier molecular flexibility index (Phi) is 1.58. The highest BCUT2D eigenvalue weighted by Gasteiger charge is 2.19. The van der Waals surface area contributed by atoms with Gasteiger partial charge < -0.3 is 0 Å². The lowest BCUT2D eigenvalue weighted by Crippen LogP contribution is -2.13. The van der Waals surface area contributed by atoms with E-state index in [1.54, 1.807) is 10.8 Å². The smallest absolute Gasteiger partial charge is 0.176 e. The van der Waals surface area contributed by atoms with Crippen molar-refractivity contribution >= 4 is 5.65 Å². The average molecular weight is 176 g/mol. The maximum Gasteiger partial charge on any atom is 0.176 e. The minimum absolute atomic E-state index is 0.0201. The molecule has 0 bridgehead atoms. The molecule has 2 aromatic heterocycles. The number of nitrogens with zero attached hydrogens (tertiary/aromatic N) is 4. The Balaban J connectivity index is 2.63. The Morgan fingerprint density at radius 1 is 1.31 bits per heavy atom. The Labute approximate surface area is 76.6 Å². The predicted octanol–water partition coefficient (Wildman–Crippen LogP) is 1.42. The standard InChI is InChI=1S/C9H12N4/c1-9(2,3)8-11-7-5-4-6-10-13(7)12-8/h4-6H,1-3H3. The Hall–Kier alpha value is -1.45. The summed E-state index contributed by atoms with van der Waals surface area (Å²) in [6.45, 7) is 6.26. The van der Waals surface area contributed by atoms with Gasteiger partial charge in [-0.05, 0) is 12.1 Å². The highest BCUT2D eigenvalue weighted by Crippen LogP contribution is 2.17. The largest absolute Gasteiger partial charge is 0.209 e. The second-order valence-electron chi connectivity index (χ2n) is 4.06. The zero-order valence-electron chi connectivity index (χ0n) is 8.02. The number of rotatable bonds is 0. The fourth-order valence-electron chi connectivity index (χ4n) is 1.05. The molecule has 0 aliphatic carbocycles. The first-order valence-electron chi connectivity index (χ1n) is 4.26. The van der Waals surface area contributed by atoms with Gasteiger partial charge in [-0.3, -0.25) is 0 Å². The lowest BCUT2D eigenvalue weighted by atomic mass is 9.96. The molecule has 0 spiro atoms. The second kappa shape index (κ2) is 2.52. The van der Waals surface area contributed by atoms with Crippen LogP contribution in [0.3, 0.4) is 0 Å². The van der Waals surface area contributed by atoms with Crippen LogP contribution in [0, 0.1) is 0 Å². The molecule has 0 aromatic carbocycles. The Morgan fingerprint density at radius 2 is 2.08 bits per heavy atom. The van der Waals surface area contributed by atoms with Gasteiger partial charge in [0.05, 0.1) is 0 Å². The second-order valence-corrected chi connectivity index (χ2v) is 4.06. The average Bonchev–Trinajstić information content (AvgIpc) is 2.45. The summed E-state index contributed by atoms with van der Waals surface area (Å²) in [5.74, 6) is 0.825. The number of aromatic nitrogens is 4. The van der Waals surface area contributed by atoms with E-state index in [0.29, 0.717) is 0 Å². The molecule has 0 aliphatic rings. The molecule has 2 rings (SSSR count). The summed E-state index contributed by atoms with van der Waals surface area (Å²) in [5, 5.41) is 8.34. The monoisotopic (exact) mass is 176 g/mol. The van der Waals surface area contributed by atoms with Crippen molar-refractivity contribution in [1.82, 2.24) is 19.8 Å². The van der Waals surface area contributed by atoms with E-state index in [-0.39, 0.29) is 5.41 Å². The molecule has 0 fully saturated rings. The van der Waals surface area contributed by atoms with Crippen LogP contribution >= 0.6 is 0 Å². The molecule has 13 heavy (non-hydrogen) atoms. The van der Waals surface area contributed by atoms with Crippen LogP contribution in [0.1, 0.15) is 26.6 Å². The topological polar surface area (TPSA) is 43.1 Å². The van der Waals surface area contributed by atoms with Crippen LogP contribution in [0.15, 0.2) is 18.3 Å². The van der Waals surface area contributed by atoms with Crippen LogP contribution in [-0.4, -0.2) is 19.8 Å². The summed E-state index contributed by atoms with van der Waals surface area (Å²) < 4.78 is 1.56. The lowest BCUT2D eigenvalue weighted by molar-refractivity contribution is 0.540. The molecule has 0 radical (unpaired) electrons. The third kappa shape index (κ3) is 1.39. The summed E-state index contributed by atoms with van der Waals surface area (Å²) in [5.41, 5.74) is 0.778. The predicted molar refractivity (Wildman–Crippen MR) is 49.5 cm³/mol. The maximum absolute atomic E-state index is 4.37. The number of hydrogen-bond donors (Lipinski definition) is 0. The molecule has 0 aliphatic heterocycles. The van der Waals surface area contributed by atoms with Crippen LogP contribution in [0.25, 0.3) is 5.65 Å². The van der Waals surface area contributed by atoms with Crippen molar-refractivity contribution in [3.05, 3.63) is 24.2 Å². The van der Waals surface area contributed by atoms with Crippen molar-refractivity contribution < 1.29 is 0 Å². The Bertz CT molecular complexity index is 391. The molecule has 4 heteroatoms. The molecule has 4 nitrogen and oxygen atoms in total.